The SMILES string of the molecule is C=C/C(=C\C(=NC)C(C)(C)C#N)C(=O)Nc1cnc(C)c(/C(C=C)=C/C(=NC)B2OC(C)(C)C(C)(C)O2)c1. The first-order valence-corrected chi connectivity index (χ1v) is 12.3. The first kappa shape index (κ1) is 30.6. The van der Waals surface area contributed by atoms with E-state index < -0.39 is 29.6 Å². The van der Waals surface area contributed by atoms with E-state index in [4.69, 9.17) is 9.31 Å². The number of pyridine rings is 1. The average Bonchev–Trinajstić information content (AvgIpc) is 3.08. The molecule has 2 rings (SSSR count). The third-order valence-electron chi connectivity index (χ3n) is 6.87. The Labute approximate surface area is 227 Å². The van der Waals surface area contributed by atoms with Gasteiger partial charge >= 0.3 is 7.12 Å². The number of aliphatic imine (C=N–C) groups is 2. The molecule has 1 aromatic heterocycles. The molecule has 1 aromatic rings. The number of rotatable bonds is 9. The van der Waals surface area contributed by atoms with Crippen LogP contribution in [0.15, 0.2) is 65.3 Å². The fraction of sp³-hybridized carbons (Fsp3) is 0.414. The molecule has 38 heavy (non-hydrogen) atoms. The van der Waals surface area contributed by atoms with Crippen molar-refractivity contribution in [3.8, 4) is 6.07 Å². The fourth-order valence-electron chi connectivity index (χ4n) is 3.65. The van der Waals surface area contributed by atoms with Crippen LogP contribution in [-0.2, 0) is 14.1 Å². The van der Waals surface area contributed by atoms with Gasteiger partial charge in [-0.05, 0) is 72.3 Å². The number of nitriles is 1. The van der Waals surface area contributed by atoms with Crippen LogP contribution in [0.25, 0.3) is 5.57 Å². The highest BCUT2D eigenvalue weighted by molar-refractivity contribution is 6.85. The molecular weight excluding hydrogens is 477 g/mol. The van der Waals surface area contributed by atoms with E-state index in [-0.39, 0.29) is 5.57 Å². The Morgan fingerprint density at radius 1 is 1.13 bits per heavy atom. The molecule has 0 aliphatic carbocycles. The molecule has 0 bridgehead atoms. The van der Waals surface area contributed by atoms with Gasteiger partial charge in [-0.25, -0.2) is 0 Å². The summed E-state index contributed by atoms with van der Waals surface area (Å²) in [7, 11) is 2.63. The van der Waals surface area contributed by atoms with Crippen LogP contribution in [-0.4, -0.2) is 54.6 Å². The number of hydrogen-bond acceptors (Lipinski definition) is 7. The summed E-state index contributed by atoms with van der Waals surface area (Å²) in [4.78, 5) is 26.1. The largest absolute Gasteiger partial charge is 0.514 e. The quantitative estimate of drug-likeness (QED) is 0.207. The normalized spacial score (nSPS) is 18.2. The lowest BCUT2D eigenvalue weighted by Crippen LogP contribution is -2.41. The van der Waals surface area contributed by atoms with Crippen molar-refractivity contribution in [2.75, 3.05) is 19.4 Å². The average molecular weight is 515 g/mol. The van der Waals surface area contributed by atoms with Crippen LogP contribution < -0.4 is 5.32 Å². The maximum atomic E-state index is 13.1. The van der Waals surface area contributed by atoms with Gasteiger partial charge in [0.05, 0.1) is 45.9 Å². The van der Waals surface area contributed by atoms with Crippen molar-refractivity contribution in [3.05, 3.63) is 66.6 Å². The molecule has 0 unspecified atom stereocenters. The van der Waals surface area contributed by atoms with Gasteiger partial charge < -0.3 is 14.6 Å². The minimum atomic E-state index is -0.860. The lowest BCUT2D eigenvalue weighted by Gasteiger charge is -2.32. The summed E-state index contributed by atoms with van der Waals surface area (Å²) in [6.07, 6.45) is 8.13. The minimum Gasteiger partial charge on any atom is -0.398 e. The highest BCUT2D eigenvalue weighted by Gasteiger charge is 2.52. The van der Waals surface area contributed by atoms with Crippen LogP contribution in [0.3, 0.4) is 0 Å². The van der Waals surface area contributed by atoms with Gasteiger partial charge in [-0.3, -0.25) is 19.8 Å². The number of anilines is 1. The number of allylic oxidation sites excluding steroid dienone is 4. The van der Waals surface area contributed by atoms with Crippen molar-refractivity contribution < 1.29 is 14.1 Å². The molecule has 0 spiro atoms. The molecule has 9 heteroatoms. The summed E-state index contributed by atoms with van der Waals surface area (Å²) in [6.45, 7) is 21.0. The van der Waals surface area contributed by atoms with E-state index >= 15 is 0 Å². The highest BCUT2D eigenvalue weighted by Crippen LogP contribution is 2.37. The predicted octanol–water partition coefficient (Wildman–Crippen LogP) is 5.33. The zero-order valence-corrected chi connectivity index (χ0v) is 24.0. The second-order valence-corrected chi connectivity index (χ2v) is 10.5. The molecule has 1 saturated heterocycles. The third kappa shape index (κ3) is 6.63. The minimum absolute atomic E-state index is 0.275. The van der Waals surface area contributed by atoms with Crippen LogP contribution in [0.1, 0.15) is 52.8 Å². The van der Waals surface area contributed by atoms with Gasteiger partial charge in [0.15, 0.2) is 0 Å². The zero-order chi connectivity index (χ0) is 28.9. The summed E-state index contributed by atoms with van der Waals surface area (Å²) >= 11 is 0. The Bertz CT molecular complexity index is 1260. The van der Waals surface area contributed by atoms with Crippen LogP contribution in [0.2, 0.25) is 0 Å². The maximum Gasteiger partial charge on any atom is 0.514 e. The number of carbonyl (C=O) groups excluding carboxylic acids is 1. The van der Waals surface area contributed by atoms with E-state index in [1.54, 1.807) is 46.3 Å². The second-order valence-electron chi connectivity index (χ2n) is 10.5. The summed E-state index contributed by atoms with van der Waals surface area (Å²) in [5.74, 6) is -0.399. The Balaban J connectivity index is 2.40. The Kier molecular flexibility index (Phi) is 9.54. The van der Waals surface area contributed by atoms with E-state index in [9.17, 15) is 10.1 Å². The standard InChI is InChI=1S/C29H38BN5O3/c1-12-20(15-25(33-11)30-37-28(6,7)29(8,9)38-30)23-16-22(17-34-19(23)3)35-26(36)21(13-2)14-24(32-10)27(4,5)18-31/h12-17H,1-2H2,3-11H3,(H,35,36)/b20-15+,21-14+,32-24?,33-25?. The molecule has 2 heterocycles. The van der Waals surface area contributed by atoms with Crippen LogP contribution >= 0.6 is 0 Å². The molecule has 200 valence electrons. The fourth-order valence-corrected chi connectivity index (χ4v) is 3.65. The van der Waals surface area contributed by atoms with Crippen molar-refractivity contribution in [1.82, 2.24) is 4.98 Å². The van der Waals surface area contributed by atoms with E-state index in [0.717, 1.165) is 16.8 Å². The van der Waals surface area contributed by atoms with Crippen LogP contribution in [0.4, 0.5) is 5.69 Å². The van der Waals surface area contributed by atoms with Crippen molar-refractivity contribution >= 4 is 35.6 Å². The number of nitrogens with one attached hydrogen (secondary N) is 1. The Morgan fingerprint density at radius 3 is 2.21 bits per heavy atom. The van der Waals surface area contributed by atoms with E-state index in [2.05, 4.69) is 39.5 Å². The summed E-state index contributed by atoms with van der Waals surface area (Å²) < 4.78 is 12.3. The van der Waals surface area contributed by atoms with Crippen LogP contribution in [0.5, 0.6) is 0 Å². The monoisotopic (exact) mass is 515 g/mol. The summed E-state index contributed by atoms with van der Waals surface area (Å²) in [6, 6.07) is 4.02. The van der Waals surface area contributed by atoms with Gasteiger partial charge in [0.1, 0.15) is 0 Å². The van der Waals surface area contributed by atoms with Crippen LogP contribution in [0, 0.1) is 23.7 Å². The molecule has 0 radical (unpaired) electrons. The topological polar surface area (TPSA) is 109 Å². The van der Waals surface area contributed by atoms with Crippen molar-refractivity contribution in [2.45, 2.75) is 59.7 Å². The third-order valence-corrected chi connectivity index (χ3v) is 6.87. The molecule has 0 atom stereocenters. The number of hydrogen-bond donors (Lipinski definition) is 1. The highest BCUT2D eigenvalue weighted by atomic mass is 16.7. The molecular formula is C29H38BN5O3. The van der Waals surface area contributed by atoms with Gasteiger partial charge in [-0.1, -0.05) is 25.3 Å². The first-order valence-electron chi connectivity index (χ1n) is 12.3. The molecule has 1 amide bonds. The molecule has 1 fully saturated rings. The zero-order valence-electron chi connectivity index (χ0n) is 24.0. The number of nitrogens with zero attached hydrogens (tertiary/aromatic N) is 4. The maximum absolute atomic E-state index is 13.1. The Hall–Kier alpha value is -3.61. The van der Waals surface area contributed by atoms with Crippen molar-refractivity contribution in [3.63, 3.8) is 0 Å². The first-order chi connectivity index (χ1) is 17.7. The molecule has 1 N–H and O–H groups in total. The van der Waals surface area contributed by atoms with Gasteiger partial charge in [0.25, 0.3) is 5.91 Å². The van der Waals surface area contributed by atoms with Gasteiger partial charge in [0, 0.05) is 30.9 Å². The van der Waals surface area contributed by atoms with Crippen molar-refractivity contribution in [1.29, 1.82) is 5.26 Å². The van der Waals surface area contributed by atoms with E-state index in [1.165, 1.54) is 6.08 Å². The number of aromatic nitrogens is 1. The smallest absolute Gasteiger partial charge is 0.398 e. The molecule has 1 aliphatic heterocycles. The molecule has 1 aliphatic rings. The van der Waals surface area contributed by atoms with Crippen molar-refractivity contribution in [2.24, 2.45) is 15.4 Å². The Morgan fingerprint density at radius 2 is 1.74 bits per heavy atom. The van der Waals surface area contributed by atoms with Gasteiger partial charge in [0.2, 0.25) is 0 Å². The predicted molar refractivity (Wildman–Crippen MR) is 156 cm³/mol. The number of amides is 1. The number of aryl methyl sites for hydroxylation is 1. The molecule has 8 nitrogen and oxygen atoms in total. The lowest BCUT2D eigenvalue weighted by molar-refractivity contribution is -0.112. The van der Waals surface area contributed by atoms with E-state index in [0.29, 0.717) is 17.0 Å². The number of carbonyl (C=O) groups is 1. The lowest BCUT2D eigenvalue weighted by atomic mass is 9.80. The molecule has 0 saturated carbocycles. The second kappa shape index (κ2) is 11.8. The summed E-state index contributed by atoms with van der Waals surface area (Å²) in [5.41, 5.74) is 2.23. The van der Waals surface area contributed by atoms with Gasteiger partial charge in [-0.2, -0.15) is 5.26 Å². The molecule has 0 aromatic carbocycles. The van der Waals surface area contributed by atoms with E-state index in [1.807, 2.05) is 46.8 Å². The van der Waals surface area contributed by atoms with Gasteiger partial charge in [-0.15, -0.1) is 0 Å². The summed E-state index contributed by atoms with van der Waals surface area (Å²) in [5, 5.41) is 12.3.